The Bertz CT molecular complexity index is 463. The Balaban J connectivity index is 2.17. The fraction of sp³-hybridized carbons (Fsp3) is 0.500. The minimum atomic E-state index is 0.0639. The average Bonchev–Trinajstić information content (AvgIpc) is 2.86. The molecule has 1 unspecified atom stereocenters. The molecule has 0 aromatic carbocycles. The van der Waals surface area contributed by atoms with E-state index < -0.39 is 0 Å². The van der Waals surface area contributed by atoms with Crippen LogP contribution in [0.1, 0.15) is 24.9 Å². The zero-order chi connectivity index (χ0) is 11.5. The van der Waals surface area contributed by atoms with Gasteiger partial charge in [-0.1, -0.05) is 17.2 Å². The summed E-state index contributed by atoms with van der Waals surface area (Å²) in [5, 5.41) is 7.52. The Morgan fingerprint density at radius 2 is 2.25 bits per heavy atom. The highest BCUT2D eigenvalue weighted by atomic mass is 16.5. The van der Waals surface area contributed by atoms with Crippen LogP contribution >= 0.6 is 0 Å². The van der Waals surface area contributed by atoms with Crippen molar-refractivity contribution in [1.29, 1.82) is 0 Å². The summed E-state index contributed by atoms with van der Waals surface area (Å²) in [4.78, 5) is 4.24. The van der Waals surface area contributed by atoms with Gasteiger partial charge in [0.05, 0.1) is 6.20 Å². The predicted molar refractivity (Wildman–Crippen MR) is 56.5 cm³/mol. The zero-order valence-corrected chi connectivity index (χ0v) is 9.30. The molecule has 2 aromatic heterocycles. The van der Waals surface area contributed by atoms with E-state index >= 15 is 0 Å². The summed E-state index contributed by atoms with van der Waals surface area (Å²) in [6.45, 7) is 3.82. The molecule has 1 atom stereocenters. The third kappa shape index (κ3) is 2.11. The first-order valence-electron chi connectivity index (χ1n) is 5.20. The fourth-order valence-corrected chi connectivity index (χ4v) is 1.33. The standard InChI is InChI=1S/C10H14N4O2/c1-3-7(11)4-9-13-10(16-14-9)8-5-12-15-6(8)2/h5,7H,3-4,11H2,1-2H3. The van der Waals surface area contributed by atoms with Crippen LogP contribution in [0.5, 0.6) is 0 Å². The molecule has 0 aliphatic carbocycles. The summed E-state index contributed by atoms with van der Waals surface area (Å²) in [7, 11) is 0. The predicted octanol–water partition coefficient (Wildman–Crippen LogP) is 1.31. The zero-order valence-electron chi connectivity index (χ0n) is 9.30. The molecule has 0 aliphatic heterocycles. The third-order valence-corrected chi connectivity index (χ3v) is 2.42. The van der Waals surface area contributed by atoms with Crippen molar-refractivity contribution in [3.05, 3.63) is 17.8 Å². The first kappa shape index (κ1) is 10.8. The Morgan fingerprint density at radius 3 is 2.88 bits per heavy atom. The van der Waals surface area contributed by atoms with Gasteiger partial charge >= 0.3 is 0 Å². The Kier molecular flexibility index (Phi) is 3.00. The van der Waals surface area contributed by atoms with Gasteiger partial charge in [0.15, 0.2) is 5.82 Å². The molecule has 0 spiro atoms. The molecule has 0 saturated carbocycles. The number of nitrogens with two attached hydrogens (primary N) is 1. The molecule has 2 rings (SSSR count). The van der Waals surface area contributed by atoms with Gasteiger partial charge in [0.1, 0.15) is 11.3 Å². The molecule has 0 radical (unpaired) electrons. The fourth-order valence-electron chi connectivity index (χ4n) is 1.33. The molecule has 86 valence electrons. The average molecular weight is 222 g/mol. The van der Waals surface area contributed by atoms with Gasteiger partial charge in [-0.15, -0.1) is 0 Å². The van der Waals surface area contributed by atoms with Gasteiger partial charge in [0.2, 0.25) is 0 Å². The van der Waals surface area contributed by atoms with Crippen molar-refractivity contribution in [1.82, 2.24) is 15.3 Å². The Morgan fingerprint density at radius 1 is 1.44 bits per heavy atom. The maximum Gasteiger partial charge on any atom is 0.263 e. The SMILES string of the molecule is CCC(N)Cc1noc(-c2cnoc2C)n1. The molecule has 6 nitrogen and oxygen atoms in total. The molecule has 0 bridgehead atoms. The lowest BCUT2D eigenvalue weighted by Crippen LogP contribution is -2.21. The summed E-state index contributed by atoms with van der Waals surface area (Å²) in [5.74, 6) is 1.71. The van der Waals surface area contributed by atoms with Gasteiger partial charge in [-0.25, -0.2) is 0 Å². The van der Waals surface area contributed by atoms with Crippen molar-refractivity contribution in [2.75, 3.05) is 0 Å². The number of rotatable bonds is 4. The first-order valence-corrected chi connectivity index (χ1v) is 5.20. The highest BCUT2D eigenvalue weighted by molar-refractivity contribution is 5.53. The van der Waals surface area contributed by atoms with Crippen molar-refractivity contribution >= 4 is 0 Å². The van der Waals surface area contributed by atoms with E-state index in [1.54, 1.807) is 13.1 Å². The molecule has 0 saturated heterocycles. The molecule has 16 heavy (non-hydrogen) atoms. The summed E-state index contributed by atoms with van der Waals surface area (Å²) in [5.41, 5.74) is 6.54. The number of aromatic nitrogens is 3. The van der Waals surface area contributed by atoms with E-state index in [1.165, 1.54) is 0 Å². The van der Waals surface area contributed by atoms with Crippen LogP contribution in [-0.2, 0) is 6.42 Å². The molecular formula is C10H14N4O2. The van der Waals surface area contributed by atoms with E-state index in [0.29, 0.717) is 23.9 Å². The topological polar surface area (TPSA) is 91.0 Å². The number of nitrogens with zero attached hydrogens (tertiary/aromatic N) is 3. The van der Waals surface area contributed by atoms with E-state index in [-0.39, 0.29) is 6.04 Å². The maximum atomic E-state index is 5.81. The van der Waals surface area contributed by atoms with Crippen LogP contribution in [0.15, 0.2) is 15.2 Å². The molecule has 2 aromatic rings. The Labute approximate surface area is 92.8 Å². The summed E-state index contributed by atoms with van der Waals surface area (Å²) in [6, 6.07) is 0.0639. The van der Waals surface area contributed by atoms with E-state index in [1.807, 2.05) is 6.92 Å². The van der Waals surface area contributed by atoms with Crippen LogP contribution in [0, 0.1) is 6.92 Å². The van der Waals surface area contributed by atoms with Crippen LogP contribution in [0.25, 0.3) is 11.5 Å². The van der Waals surface area contributed by atoms with Crippen LogP contribution in [-0.4, -0.2) is 21.3 Å². The minimum Gasteiger partial charge on any atom is -0.361 e. The van der Waals surface area contributed by atoms with Crippen molar-refractivity contribution < 1.29 is 9.05 Å². The summed E-state index contributed by atoms with van der Waals surface area (Å²) >= 11 is 0. The highest BCUT2D eigenvalue weighted by Gasteiger charge is 2.15. The summed E-state index contributed by atoms with van der Waals surface area (Å²) in [6.07, 6.45) is 3.06. The molecule has 2 N–H and O–H groups in total. The third-order valence-electron chi connectivity index (χ3n) is 2.42. The van der Waals surface area contributed by atoms with E-state index in [4.69, 9.17) is 14.8 Å². The number of aryl methyl sites for hydroxylation is 1. The van der Waals surface area contributed by atoms with Crippen LogP contribution in [0.3, 0.4) is 0 Å². The Hall–Kier alpha value is -1.69. The van der Waals surface area contributed by atoms with Crippen molar-refractivity contribution in [2.45, 2.75) is 32.7 Å². The highest BCUT2D eigenvalue weighted by Crippen LogP contribution is 2.20. The second-order valence-corrected chi connectivity index (χ2v) is 3.68. The van der Waals surface area contributed by atoms with Crippen LogP contribution < -0.4 is 5.73 Å². The maximum absolute atomic E-state index is 5.81. The molecule has 2 heterocycles. The van der Waals surface area contributed by atoms with E-state index in [0.717, 1.165) is 12.0 Å². The van der Waals surface area contributed by atoms with Gasteiger partial charge in [0, 0.05) is 12.5 Å². The summed E-state index contributed by atoms with van der Waals surface area (Å²) < 4.78 is 10.0. The second kappa shape index (κ2) is 4.44. The smallest absolute Gasteiger partial charge is 0.263 e. The molecule has 0 fully saturated rings. The van der Waals surface area contributed by atoms with Gasteiger partial charge in [-0.3, -0.25) is 0 Å². The molecule has 0 aliphatic rings. The lowest BCUT2D eigenvalue weighted by Gasteiger charge is -2.02. The second-order valence-electron chi connectivity index (χ2n) is 3.68. The van der Waals surface area contributed by atoms with Gasteiger partial charge in [-0.2, -0.15) is 4.98 Å². The number of hydrogen-bond donors (Lipinski definition) is 1. The lowest BCUT2D eigenvalue weighted by molar-refractivity contribution is 0.395. The van der Waals surface area contributed by atoms with Crippen molar-refractivity contribution in [2.24, 2.45) is 5.73 Å². The minimum absolute atomic E-state index is 0.0639. The number of hydrogen-bond acceptors (Lipinski definition) is 6. The monoisotopic (exact) mass is 222 g/mol. The van der Waals surface area contributed by atoms with E-state index in [2.05, 4.69) is 15.3 Å². The molecular weight excluding hydrogens is 208 g/mol. The lowest BCUT2D eigenvalue weighted by atomic mass is 10.2. The van der Waals surface area contributed by atoms with Crippen LogP contribution in [0.4, 0.5) is 0 Å². The molecule has 6 heteroatoms. The van der Waals surface area contributed by atoms with Crippen molar-refractivity contribution in [3.8, 4) is 11.5 Å². The normalized spacial score (nSPS) is 12.9. The van der Waals surface area contributed by atoms with Gasteiger partial charge in [0.25, 0.3) is 5.89 Å². The largest absolute Gasteiger partial charge is 0.361 e. The van der Waals surface area contributed by atoms with Gasteiger partial charge in [-0.05, 0) is 13.3 Å². The van der Waals surface area contributed by atoms with Crippen molar-refractivity contribution in [3.63, 3.8) is 0 Å². The molecule has 0 amide bonds. The van der Waals surface area contributed by atoms with Gasteiger partial charge < -0.3 is 14.8 Å². The van der Waals surface area contributed by atoms with E-state index in [9.17, 15) is 0 Å². The first-order chi connectivity index (χ1) is 7.70. The van der Waals surface area contributed by atoms with Crippen LogP contribution in [0.2, 0.25) is 0 Å². The quantitative estimate of drug-likeness (QED) is 0.838.